The normalized spacial score (nSPS) is 11.1. The maximum atomic E-state index is 12.5. The third-order valence-electron chi connectivity index (χ3n) is 4.15. The number of nitrogens with zero attached hydrogens (tertiary/aromatic N) is 1. The Morgan fingerprint density at radius 2 is 1.77 bits per heavy atom. The maximum absolute atomic E-state index is 12.5. The molecule has 0 aliphatic rings. The monoisotopic (exact) mass is 427 g/mol. The number of amides is 4. The molecule has 0 heterocycles. The molecule has 0 aliphatic carbocycles. The molecule has 0 saturated carbocycles. The minimum atomic E-state index is -1.00. The fraction of sp³-hybridized carbons (Fsp3) is 0.200. The Morgan fingerprint density at radius 3 is 2.45 bits per heavy atom. The van der Waals surface area contributed by atoms with E-state index in [1.165, 1.54) is 37.3 Å². The number of benzene rings is 2. The largest absolute Gasteiger partial charge is 0.370 e. The van der Waals surface area contributed by atoms with Gasteiger partial charge in [-0.1, -0.05) is 18.2 Å². The van der Waals surface area contributed by atoms with E-state index in [4.69, 9.17) is 5.73 Å². The van der Waals surface area contributed by atoms with E-state index in [0.29, 0.717) is 0 Å². The van der Waals surface area contributed by atoms with Crippen LogP contribution in [0.1, 0.15) is 34.1 Å². The van der Waals surface area contributed by atoms with Gasteiger partial charge in [-0.3, -0.25) is 29.3 Å². The van der Waals surface area contributed by atoms with Crippen LogP contribution in [0, 0.1) is 10.1 Å². The number of para-hydroxylation sites is 1. The van der Waals surface area contributed by atoms with Gasteiger partial charge in [0.2, 0.25) is 11.8 Å². The summed E-state index contributed by atoms with van der Waals surface area (Å²) in [4.78, 5) is 58.2. The van der Waals surface area contributed by atoms with Crippen LogP contribution in [0.3, 0.4) is 0 Å². The van der Waals surface area contributed by atoms with Crippen molar-refractivity contribution in [3.63, 3.8) is 0 Å². The minimum Gasteiger partial charge on any atom is -0.370 e. The van der Waals surface area contributed by atoms with Crippen LogP contribution >= 0.6 is 0 Å². The molecule has 1 unspecified atom stereocenters. The standard InChI is InChI=1S/C20H21N5O6/c1-12(23-19(28)13-5-4-6-14(11-13)25(30)31)18(27)24-16-8-3-2-7-15(16)20(29)22-10-9-17(21)26/h2-8,11-12H,9-10H2,1H3,(H2,21,26)(H,22,29)(H,23,28)(H,24,27). The molecule has 162 valence electrons. The minimum absolute atomic E-state index is 0.0268. The van der Waals surface area contributed by atoms with Crippen LogP contribution < -0.4 is 21.7 Å². The number of carbonyl (C=O) groups excluding carboxylic acids is 4. The Labute approximate surface area is 177 Å². The first kappa shape index (κ1) is 23.0. The van der Waals surface area contributed by atoms with Crippen LogP contribution in [-0.4, -0.2) is 41.1 Å². The topological polar surface area (TPSA) is 174 Å². The molecule has 0 radical (unpaired) electrons. The number of carbonyl (C=O) groups is 4. The molecule has 0 spiro atoms. The van der Waals surface area contributed by atoms with Gasteiger partial charge in [0.25, 0.3) is 17.5 Å². The lowest BCUT2D eigenvalue weighted by atomic mass is 10.1. The maximum Gasteiger partial charge on any atom is 0.270 e. The summed E-state index contributed by atoms with van der Waals surface area (Å²) < 4.78 is 0. The molecule has 5 N–H and O–H groups in total. The molecule has 31 heavy (non-hydrogen) atoms. The van der Waals surface area contributed by atoms with Gasteiger partial charge in [-0.2, -0.15) is 0 Å². The van der Waals surface area contributed by atoms with Crippen molar-refractivity contribution in [2.75, 3.05) is 11.9 Å². The molecule has 2 rings (SSSR count). The van der Waals surface area contributed by atoms with E-state index in [-0.39, 0.29) is 35.5 Å². The molecule has 2 aromatic carbocycles. The van der Waals surface area contributed by atoms with Crippen molar-refractivity contribution in [3.8, 4) is 0 Å². The zero-order chi connectivity index (χ0) is 23.0. The fourth-order valence-corrected chi connectivity index (χ4v) is 2.53. The second-order valence-corrected chi connectivity index (χ2v) is 6.51. The van der Waals surface area contributed by atoms with Gasteiger partial charge in [-0.25, -0.2) is 0 Å². The Hall–Kier alpha value is -4.28. The average molecular weight is 427 g/mol. The Bertz CT molecular complexity index is 1020. The smallest absolute Gasteiger partial charge is 0.270 e. The molecule has 4 amide bonds. The molecular formula is C20H21N5O6. The average Bonchev–Trinajstić information content (AvgIpc) is 2.73. The molecule has 11 heteroatoms. The summed E-state index contributed by atoms with van der Waals surface area (Å²) >= 11 is 0. The molecule has 0 fully saturated rings. The lowest BCUT2D eigenvalue weighted by Gasteiger charge is -2.16. The lowest BCUT2D eigenvalue weighted by Crippen LogP contribution is -2.42. The van der Waals surface area contributed by atoms with Crippen molar-refractivity contribution in [1.29, 1.82) is 0 Å². The summed E-state index contributed by atoms with van der Waals surface area (Å²) in [5, 5.41) is 18.4. The highest BCUT2D eigenvalue weighted by Crippen LogP contribution is 2.16. The van der Waals surface area contributed by atoms with Crippen LogP contribution in [0.4, 0.5) is 11.4 Å². The predicted molar refractivity (Wildman–Crippen MR) is 111 cm³/mol. The van der Waals surface area contributed by atoms with Gasteiger partial charge in [-0.15, -0.1) is 0 Å². The van der Waals surface area contributed by atoms with Gasteiger partial charge in [-0.05, 0) is 25.1 Å². The highest BCUT2D eigenvalue weighted by Gasteiger charge is 2.20. The number of nitrogens with two attached hydrogens (primary N) is 1. The van der Waals surface area contributed by atoms with Crippen LogP contribution in [0.5, 0.6) is 0 Å². The van der Waals surface area contributed by atoms with E-state index in [0.717, 1.165) is 6.07 Å². The first-order valence-electron chi connectivity index (χ1n) is 9.20. The van der Waals surface area contributed by atoms with Gasteiger partial charge < -0.3 is 21.7 Å². The SMILES string of the molecule is CC(NC(=O)c1cccc([N+](=O)[O-])c1)C(=O)Nc1ccccc1C(=O)NCCC(N)=O. The highest BCUT2D eigenvalue weighted by molar-refractivity contribution is 6.06. The molecule has 11 nitrogen and oxygen atoms in total. The van der Waals surface area contributed by atoms with Crippen molar-refractivity contribution in [2.24, 2.45) is 5.73 Å². The number of nitro groups is 1. The van der Waals surface area contributed by atoms with Gasteiger partial charge in [0.05, 0.1) is 16.2 Å². The van der Waals surface area contributed by atoms with E-state index in [2.05, 4.69) is 16.0 Å². The van der Waals surface area contributed by atoms with Crippen molar-refractivity contribution in [1.82, 2.24) is 10.6 Å². The quantitative estimate of drug-likeness (QED) is 0.342. The highest BCUT2D eigenvalue weighted by atomic mass is 16.6. The molecule has 0 aliphatic heterocycles. The first-order chi connectivity index (χ1) is 14.7. The summed E-state index contributed by atoms with van der Waals surface area (Å²) in [6.07, 6.45) is -0.0268. The molecule has 0 saturated heterocycles. The molecule has 2 aromatic rings. The third-order valence-corrected chi connectivity index (χ3v) is 4.15. The van der Waals surface area contributed by atoms with E-state index in [1.807, 2.05) is 0 Å². The number of nitrogens with one attached hydrogen (secondary N) is 3. The van der Waals surface area contributed by atoms with Crippen LogP contribution in [0.15, 0.2) is 48.5 Å². The Morgan fingerprint density at radius 1 is 1.06 bits per heavy atom. The number of non-ortho nitro benzene ring substituents is 1. The fourth-order valence-electron chi connectivity index (χ4n) is 2.53. The van der Waals surface area contributed by atoms with Crippen molar-refractivity contribution in [3.05, 3.63) is 69.8 Å². The summed E-state index contributed by atoms with van der Waals surface area (Å²) in [6, 6.07) is 10.3. The molecule has 0 aromatic heterocycles. The third kappa shape index (κ3) is 6.63. The van der Waals surface area contributed by atoms with Crippen LogP contribution in [0.25, 0.3) is 0 Å². The van der Waals surface area contributed by atoms with Crippen LogP contribution in [-0.2, 0) is 9.59 Å². The number of nitro benzene ring substituents is 1. The number of hydrogen-bond acceptors (Lipinski definition) is 6. The van der Waals surface area contributed by atoms with E-state index >= 15 is 0 Å². The zero-order valence-electron chi connectivity index (χ0n) is 16.6. The van der Waals surface area contributed by atoms with Gasteiger partial charge in [0.15, 0.2) is 0 Å². The van der Waals surface area contributed by atoms with E-state index in [9.17, 15) is 29.3 Å². The number of hydrogen-bond donors (Lipinski definition) is 4. The molecular weight excluding hydrogens is 406 g/mol. The summed E-state index contributed by atoms with van der Waals surface area (Å²) in [6.45, 7) is 1.48. The van der Waals surface area contributed by atoms with Crippen LogP contribution in [0.2, 0.25) is 0 Å². The predicted octanol–water partition coefficient (Wildman–Crippen LogP) is 0.957. The zero-order valence-corrected chi connectivity index (χ0v) is 16.6. The van der Waals surface area contributed by atoms with Crippen molar-refractivity contribution < 1.29 is 24.1 Å². The lowest BCUT2D eigenvalue weighted by molar-refractivity contribution is -0.384. The Kier molecular flexibility index (Phi) is 7.78. The number of rotatable bonds is 9. The summed E-state index contributed by atoms with van der Waals surface area (Å²) in [5.41, 5.74) is 5.19. The van der Waals surface area contributed by atoms with E-state index in [1.54, 1.807) is 12.1 Å². The summed E-state index contributed by atoms with van der Waals surface area (Å²) in [5.74, 6) is -2.33. The van der Waals surface area contributed by atoms with E-state index < -0.39 is 34.6 Å². The first-order valence-corrected chi connectivity index (χ1v) is 9.20. The van der Waals surface area contributed by atoms with Gasteiger partial charge >= 0.3 is 0 Å². The second-order valence-electron chi connectivity index (χ2n) is 6.51. The molecule has 0 bridgehead atoms. The van der Waals surface area contributed by atoms with Gasteiger partial charge in [0, 0.05) is 30.7 Å². The van der Waals surface area contributed by atoms with Crippen molar-refractivity contribution >= 4 is 35.0 Å². The summed E-state index contributed by atoms with van der Waals surface area (Å²) in [7, 11) is 0. The number of primary amides is 1. The number of anilines is 1. The van der Waals surface area contributed by atoms with Gasteiger partial charge in [0.1, 0.15) is 6.04 Å². The Balaban J connectivity index is 2.04. The second kappa shape index (κ2) is 10.5. The molecule has 1 atom stereocenters. The van der Waals surface area contributed by atoms with Crippen molar-refractivity contribution in [2.45, 2.75) is 19.4 Å².